The fourth-order valence-electron chi connectivity index (χ4n) is 2.88. The van der Waals surface area contributed by atoms with Crippen LogP contribution in [-0.2, 0) is 11.2 Å². The van der Waals surface area contributed by atoms with Gasteiger partial charge in [0.15, 0.2) is 0 Å². The third-order valence-corrected chi connectivity index (χ3v) is 3.89. The first-order chi connectivity index (χ1) is 8.93. The molecular formula is C16H21NO. The van der Waals surface area contributed by atoms with Crippen LogP contribution < -0.4 is 5.32 Å². The van der Waals surface area contributed by atoms with Gasteiger partial charge in [-0.25, -0.2) is 0 Å². The molecule has 2 nitrogen and oxygen atoms in total. The monoisotopic (exact) mass is 243 g/mol. The number of hydrogen-bond donors (Lipinski definition) is 1. The van der Waals surface area contributed by atoms with Gasteiger partial charge >= 0.3 is 0 Å². The Labute approximate surface area is 109 Å². The highest BCUT2D eigenvalue weighted by molar-refractivity contribution is 5.34. The van der Waals surface area contributed by atoms with E-state index in [1.807, 2.05) is 0 Å². The second-order valence-electron chi connectivity index (χ2n) is 5.17. The van der Waals surface area contributed by atoms with Gasteiger partial charge in [-0.15, -0.1) is 0 Å². The van der Waals surface area contributed by atoms with Gasteiger partial charge < -0.3 is 10.1 Å². The van der Waals surface area contributed by atoms with Crippen LogP contribution in [0.15, 0.2) is 35.9 Å². The molecule has 2 heterocycles. The van der Waals surface area contributed by atoms with Gasteiger partial charge in [0.2, 0.25) is 0 Å². The molecule has 1 fully saturated rings. The standard InChI is InChI=1S/C16H21NO/c1-2-6-15-14(5-1)8-11-18-16(15)12-13-4-3-9-17-10-7-13/h1-2,5-6,12,16-17H,3-4,7-11H2/b13-12-. The van der Waals surface area contributed by atoms with Crippen molar-refractivity contribution >= 4 is 0 Å². The van der Waals surface area contributed by atoms with Crippen molar-refractivity contribution in [3.8, 4) is 0 Å². The van der Waals surface area contributed by atoms with Crippen molar-refractivity contribution < 1.29 is 4.74 Å². The number of nitrogens with one attached hydrogen (secondary N) is 1. The minimum Gasteiger partial charge on any atom is -0.369 e. The zero-order chi connectivity index (χ0) is 12.2. The van der Waals surface area contributed by atoms with Crippen LogP contribution in [-0.4, -0.2) is 19.7 Å². The quantitative estimate of drug-likeness (QED) is 0.766. The smallest absolute Gasteiger partial charge is 0.101 e. The minimum atomic E-state index is 0.183. The molecular weight excluding hydrogens is 222 g/mol. The van der Waals surface area contributed by atoms with Crippen molar-refractivity contribution in [2.45, 2.75) is 31.8 Å². The lowest BCUT2D eigenvalue weighted by Gasteiger charge is -2.24. The zero-order valence-electron chi connectivity index (χ0n) is 10.8. The Bertz CT molecular complexity index is 428. The molecule has 1 atom stereocenters. The molecule has 1 aromatic carbocycles. The first-order valence-electron chi connectivity index (χ1n) is 7.03. The summed E-state index contributed by atoms with van der Waals surface area (Å²) in [4.78, 5) is 0. The van der Waals surface area contributed by atoms with Gasteiger partial charge in [-0.05, 0) is 49.9 Å². The summed E-state index contributed by atoms with van der Waals surface area (Å²) in [6.45, 7) is 3.11. The number of hydrogen-bond acceptors (Lipinski definition) is 2. The van der Waals surface area contributed by atoms with Crippen molar-refractivity contribution in [2.24, 2.45) is 0 Å². The van der Waals surface area contributed by atoms with Gasteiger partial charge in [-0.1, -0.05) is 35.9 Å². The molecule has 0 amide bonds. The van der Waals surface area contributed by atoms with E-state index in [9.17, 15) is 0 Å². The first kappa shape index (κ1) is 11.9. The Morgan fingerprint density at radius 2 is 2.06 bits per heavy atom. The molecule has 3 rings (SSSR count). The van der Waals surface area contributed by atoms with Crippen molar-refractivity contribution in [3.05, 3.63) is 47.0 Å². The van der Waals surface area contributed by atoms with E-state index in [0.717, 1.165) is 26.1 Å². The molecule has 0 bridgehead atoms. The fraction of sp³-hybridized carbons (Fsp3) is 0.500. The van der Waals surface area contributed by atoms with E-state index >= 15 is 0 Å². The lowest BCUT2D eigenvalue weighted by Crippen LogP contribution is -2.15. The highest BCUT2D eigenvalue weighted by Gasteiger charge is 2.19. The number of rotatable bonds is 1. The summed E-state index contributed by atoms with van der Waals surface area (Å²) >= 11 is 0. The second kappa shape index (κ2) is 5.68. The average Bonchev–Trinajstić information content (AvgIpc) is 2.68. The molecule has 0 aliphatic carbocycles. The van der Waals surface area contributed by atoms with Gasteiger partial charge in [-0.2, -0.15) is 0 Å². The molecule has 2 heteroatoms. The van der Waals surface area contributed by atoms with Crippen LogP contribution in [0.4, 0.5) is 0 Å². The molecule has 1 N–H and O–H groups in total. The van der Waals surface area contributed by atoms with Crippen molar-refractivity contribution in [2.75, 3.05) is 19.7 Å². The highest BCUT2D eigenvalue weighted by atomic mass is 16.5. The van der Waals surface area contributed by atoms with Gasteiger partial charge in [0.05, 0.1) is 6.61 Å². The van der Waals surface area contributed by atoms with E-state index in [1.165, 1.54) is 30.4 Å². The Morgan fingerprint density at radius 1 is 1.11 bits per heavy atom. The van der Waals surface area contributed by atoms with Gasteiger partial charge in [0.1, 0.15) is 6.10 Å². The molecule has 1 unspecified atom stereocenters. The Balaban J connectivity index is 1.82. The topological polar surface area (TPSA) is 21.3 Å². The molecule has 2 aliphatic rings. The third-order valence-electron chi connectivity index (χ3n) is 3.89. The maximum absolute atomic E-state index is 5.95. The predicted octanol–water partition coefficient (Wildman–Crippen LogP) is 3.00. The fourth-order valence-corrected chi connectivity index (χ4v) is 2.88. The van der Waals surface area contributed by atoms with Crippen molar-refractivity contribution in [3.63, 3.8) is 0 Å². The molecule has 96 valence electrons. The molecule has 0 spiro atoms. The summed E-state index contributed by atoms with van der Waals surface area (Å²) in [5.74, 6) is 0. The summed E-state index contributed by atoms with van der Waals surface area (Å²) in [5.41, 5.74) is 4.38. The molecule has 2 aliphatic heterocycles. The molecule has 1 aromatic rings. The van der Waals surface area contributed by atoms with E-state index in [2.05, 4.69) is 35.7 Å². The van der Waals surface area contributed by atoms with E-state index in [1.54, 1.807) is 5.57 Å². The van der Waals surface area contributed by atoms with Gasteiger partial charge in [0, 0.05) is 0 Å². The predicted molar refractivity (Wildman–Crippen MR) is 73.6 cm³/mol. The zero-order valence-corrected chi connectivity index (χ0v) is 10.8. The van der Waals surface area contributed by atoms with E-state index in [-0.39, 0.29) is 6.10 Å². The number of benzene rings is 1. The molecule has 0 aromatic heterocycles. The SMILES string of the molecule is C(=C1\CCCNCC1)/C1OCCc2ccccc21. The molecule has 1 saturated heterocycles. The maximum atomic E-state index is 5.95. The second-order valence-corrected chi connectivity index (χ2v) is 5.17. The van der Waals surface area contributed by atoms with Gasteiger partial charge in [0.25, 0.3) is 0 Å². The van der Waals surface area contributed by atoms with Crippen LogP contribution in [0.2, 0.25) is 0 Å². The summed E-state index contributed by atoms with van der Waals surface area (Å²) in [6, 6.07) is 8.70. The largest absolute Gasteiger partial charge is 0.369 e. The summed E-state index contributed by atoms with van der Waals surface area (Å²) in [6.07, 6.45) is 7.24. The number of ether oxygens (including phenoxy) is 1. The molecule has 18 heavy (non-hydrogen) atoms. The average molecular weight is 243 g/mol. The van der Waals surface area contributed by atoms with Gasteiger partial charge in [-0.3, -0.25) is 0 Å². The maximum Gasteiger partial charge on any atom is 0.101 e. The van der Waals surface area contributed by atoms with Crippen LogP contribution in [0.5, 0.6) is 0 Å². The summed E-state index contributed by atoms with van der Waals surface area (Å²) in [7, 11) is 0. The lowest BCUT2D eigenvalue weighted by molar-refractivity contribution is 0.0742. The lowest BCUT2D eigenvalue weighted by atomic mass is 9.95. The summed E-state index contributed by atoms with van der Waals surface area (Å²) < 4.78 is 5.95. The Kier molecular flexibility index (Phi) is 3.77. The Morgan fingerprint density at radius 3 is 3.06 bits per heavy atom. The first-order valence-corrected chi connectivity index (χ1v) is 7.03. The molecule has 0 saturated carbocycles. The Hall–Kier alpha value is -1.12. The van der Waals surface area contributed by atoms with E-state index < -0.39 is 0 Å². The normalized spacial score (nSPS) is 26.7. The minimum absolute atomic E-state index is 0.183. The highest BCUT2D eigenvalue weighted by Crippen LogP contribution is 2.30. The third kappa shape index (κ3) is 2.65. The van der Waals surface area contributed by atoms with Crippen LogP contribution in [0.1, 0.15) is 36.5 Å². The molecule has 0 radical (unpaired) electrons. The van der Waals surface area contributed by atoms with Crippen LogP contribution in [0.3, 0.4) is 0 Å². The van der Waals surface area contributed by atoms with Crippen molar-refractivity contribution in [1.82, 2.24) is 5.32 Å². The summed E-state index contributed by atoms with van der Waals surface area (Å²) in [5, 5.41) is 3.45. The van der Waals surface area contributed by atoms with Crippen LogP contribution in [0.25, 0.3) is 0 Å². The van der Waals surface area contributed by atoms with Crippen LogP contribution >= 0.6 is 0 Å². The van der Waals surface area contributed by atoms with E-state index in [0.29, 0.717) is 0 Å². The van der Waals surface area contributed by atoms with Crippen molar-refractivity contribution in [1.29, 1.82) is 0 Å². The van der Waals surface area contributed by atoms with Crippen LogP contribution in [0, 0.1) is 0 Å². The number of fused-ring (bicyclic) bond motifs is 1. The van der Waals surface area contributed by atoms with E-state index in [4.69, 9.17) is 4.74 Å².